The van der Waals surface area contributed by atoms with Crippen molar-refractivity contribution in [2.45, 2.75) is 66.7 Å². The Balaban J connectivity index is 2.15. The van der Waals surface area contributed by atoms with Crippen molar-refractivity contribution in [3.05, 3.63) is 70.3 Å². The van der Waals surface area contributed by atoms with Crippen LogP contribution in [0.25, 0.3) is 32.9 Å². The van der Waals surface area contributed by atoms with Crippen LogP contribution in [0.3, 0.4) is 0 Å². The van der Waals surface area contributed by atoms with Crippen molar-refractivity contribution in [1.29, 1.82) is 0 Å². The minimum absolute atomic E-state index is 0.0361. The van der Waals surface area contributed by atoms with Crippen molar-refractivity contribution in [1.82, 2.24) is 9.97 Å². The van der Waals surface area contributed by atoms with E-state index in [0.29, 0.717) is 11.1 Å². The molecule has 0 fully saturated rings. The number of benzene rings is 3. The SMILES string of the molecule is Cc1cc(-c2nc(C(C)C)nc3c2ccc2cc(C)c(F)c(C)c23)cc(C(C)(C)C)c1. The Morgan fingerprint density at radius 3 is 2.26 bits per heavy atom. The molecule has 1 aromatic heterocycles. The van der Waals surface area contributed by atoms with Gasteiger partial charge in [-0.15, -0.1) is 0 Å². The zero-order valence-corrected chi connectivity index (χ0v) is 19.8. The maximum atomic E-state index is 14.9. The van der Waals surface area contributed by atoms with Crippen LogP contribution in [0.1, 0.15) is 68.6 Å². The molecule has 0 saturated heterocycles. The largest absolute Gasteiger partial charge is 0.232 e. The molecular weight excluding hydrogens is 383 g/mol. The number of fused-ring (bicyclic) bond motifs is 3. The third-order valence-corrected chi connectivity index (χ3v) is 6.07. The van der Waals surface area contributed by atoms with Crippen LogP contribution >= 0.6 is 0 Å². The molecule has 2 nitrogen and oxygen atoms in total. The lowest BCUT2D eigenvalue weighted by Crippen LogP contribution is -2.11. The number of nitrogens with zero attached hydrogens (tertiary/aromatic N) is 2. The molecule has 0 aliphatic rings. The van der Waals surface area contributed by atoms with E-state index in [4.69, 9.17) is 9.97 Å². The predicted molar refractivity (Wildman–Crippen MR) is 129 cm³/mol. The highest BCUT2D eigenvalue weighted by atomic mass is 19.1. The molecule has 4 rings (SSSR count). The maximum Gasteiger partial charge on any atom is 0.132 e. The van der Waals surface area contributed by atoms with Crippen LogP contribution in [0.15, 0.2) is 36.4 Å². The summed E-state index contributed by atoms with van der Waals surface area (Å²) in [6, 6.07) is 12.7. The Kier molecular flexibility index (Phi) is 5.12. The van der Waals surface area contributed by atoms with Gasteiger partial charge in [-0.05, 0) is 72.5 Å². The first kappa shape index (κ1) is 21.4. The number of hydrogen-bond acceptors (Lipinski definition) is 2. The van der Waals surface area contributed by atoms with E-state index in [2.05, 4.69) is 71.9 Å². The molecule has 0 N–H and O–H groups in total. The van der Waals surface area contributed by atoms with Crippen LogP contribution in [0.5, 0.6) is 0 Å². The minimum Gasteiger partial charge on any atom is -0.232 e. The van der Waals surface area contributed by atoms with Gasteiger partial charge in [0.15, 0.2) is 0 Å². The fourth-order valence-electron chi connectivity index (χ4n) is 4.28. The summed E-state index contributed by atoms with van der Waals surface area (Å²) in [5, 5.41) is 2.87. The predicted octanol–water partition coefficient (Wildman–Crippen LogP) is 7.94. The summed E-state index contributed by atoms with van der Waals surface area (Å²) in [6.45, 7) is 16.7. The number of aryl methyl sites for hydroxylation is 3. The molecule has 0 unspecified atom stereocenters. The molecule has 4 aromatic rings. The van der Waals surface area contributed by atoms with Gasteiger partial charge in [0.1, 0.15) is 11.6 Å². The average molecular weight is 415 g/mol. The zero-order chi connectivity index (χ0) is 22.7. The third kappa shape index (κ3) is 3.71. The monoisotopic (exact) mass is 414 g/mol. The molecule has 1 heterocycles. The number of halogens is 1. The standard InChI is InChI=1S/C28H31FN2/c1-15(2)27-30-25(20-11-16(3)12-21(14-20)28(6,7)8)22-10-9-19-13-17(4)24(29)18(5)23(19)26(22)31-27/h9-15H,1-8H3. The molecule has 0 bridgehead atoms. The topological polar surface area (TPSA) is 25.8 Å². The minimum atomic E-state index is -0.156. The van der Waals surface area contributed by atoms with Gasteiger partial charge in [-0.25, -0.2) is 14.4 Å². The van der Waals surface area contributed by atoms with Crippen LogP contribution in [0, 0.1) is 26.6 Å². The molecule has 0 amide bonds. The second-order valence-corrected chi connectivity index (χ2v) is 10.1. The van der Waals surface area contributed by atoms with Gasteiger partial charge >= 0.3 is 0 Å². The highest BCUT2D eigenvalue weighted by Crippen LogP contribution is 2.37. The molecule has 0 radical (unpaired) electrons. The first-order valence-electron chi connectivity index (χ1n) is 11.0. The highest BCUT2D eigenvalue weighted by molar-refractivity contribution is 6.10. The fraction of sp³-hybridized carbons (Fsp3) is 0.357. The molecule has 0 spiro atoms. The van der Waals surface area contributed by atoms with Gasteiger partial charge in [-0.2, -0.15) is 0 Å². The van der Waals surface area contributed by atoms with Gasteiger partial charge in [-0.3, -0.25) is 0 Å². The van der Waals surface area contributed by atoms with E-state index >= 15 is 0 Å². The Morgan fingerprint density at radius 1 is 0.903 bits per heavy atom. The van der Waals surface area contributed by atoms with E-state index in [0.717, 1.165) is 38.8 Å². The van der Waals surface area contributed by atoms with Gasteiger partial charge < -0.3 is 0 Å². The molecule has 0 aliphatic carbocycles. The van der Waals surface area contributed by atoms with Gasteiger partial charge in [0.25, 0.3) is 0 Å². The summed E-state index contributed by atoms with van der Waals surface area (Å²) < 4.78 is 14.9. The van der Waals surface area contributed by atoms with Crippen LogP contribution in [-0.4, -0.2) is 9.97 Å². The Hall–Kier alpha value is -2.81. The van der Waals surface area contributed by atoms with Crippen molar-refractivity contribution >= 4 is 21.7 Å². The van der Waals surface area contributed by atoms with E-state index < -0.39 is 0 Å². The van der Waals surface area contributed by atoms with E-state index in [1.54, 1.807) is 0 Å². The first-order chi connectivity index (χ1) is 14.5. The smallest absolute Gasteiger partial charge is 0.132 e. The van der Waals surface area contributed by atoms with Crippen LogP contribution in [-0.2, 0) is 5.41 Å². The van der Waals surface area contributed by atoms with Gasteiger partial charge in [-0.1, -0.05) is 52.3 Å². The van der Waals surface area contributed by atoms with Gasteiger partial charge in [0, 0.05) is 22.3 Å². The lowest BCUT2D eigenvalue weighted by molar-refractivity contribution is 0.590. The third-order valence-electron chi connectivity index (χ3n) is 6.07. The summed E-state index contributed by atoms with van der Waals surface area (Å²) in [5.74, 6) is 0.798. The summed E-state index contributed by atoms with van der Waals surface area (Å²) >= 11 is 0. The summed E-state index contributed by atoms with van der Waals surface area (Å²) in [7, 11) is 0. The van der Waals surface area contributed by atoms with E-state index in [-0.39, 0.29) is 17.2 Å². The summed E-state index contributed by atoms with van der Waals surface area (Å²) in [4.78, 5) is 9.94. The number of rotatable bonds is 2. The Bertz CT molecular complexity index is 1330. The quantitative estimate of drug-likeness (QED) is 0.311. The lowest BCUT2D eigenvalue weighted by Gasteiger charge is -2.21. The van der Waals surface area contributed by atoms with Crippen LogP contribution in [0.4, 0.5) is 4.39 Å². The van der Waals surface area contributed by atoms with Crippen molar-refractivity contribution < 1.29 is 4.39 Å². The van der Waals surface area contributed by atoms with Crippen molar-refractivity contribution in [2.75, 3.05) is 0 Å². The Labute approximate surface area is 184 Å². The molecule has 3 aromatic carbocycles. The molecule has 31 heavy (non-hydrogen) atoms. The fourth-order valence-corrected chi connectivity index (χ4v) is 4.28. The summed E-state index contributed by atoms with van der Waals surface area (Å²) in [5.41, 5.74) is 6.68. The molecule has 0 aliphatic heterocycles. The average Bonchev–Trinajstić information content (AvgIpc) is 2.69. The van der Waals surface area contributed by atoms with Crippen LogP contribution in [0.2, 0.25) is 0 Å². The molecule has 160 valence electrons. The second kappa shape index (κ2) is 7.40. The number of hydrogen-bond donors (Lipinski definition) is 0. The van der Waals surface area contributed by atoms with Crippen LogP contribution < -0.4 is 0 Å². The second-order valence-electron chi connectivity index (χ2n) is 10.1. The Morgan fingerprint density at radius 2 is 1.61 bits per heavy atom. The first-order valence-corrected chi connectivity index (χ1v) is 11.0. The highest BCUT2D eigenvalue weighted by Gasteiger charge is 2.20. The van der Waals surface area contributed by atoms with Crippen molar-refractivity contribution in [3.63, 3.8) is 0 Å². The summed E-state index contributed by atoms with van der Waals surface area (Å²) in [6.07, 6.45) is 0. The zero-order valence-electron chi connectivity index (χ0n) is 19.8. The van der Waals surface area contributed by atoms with E-state index in [1.165, 1.54) is 11.1 Å². The number of aromatic nitrogens is 2. The lowest BCUT2D eigenvalue weighted by atomic mass is 9.84. The maximum absolute atomic E-state index is 14.9. The van der Waals surface area contributed by atoms with Gasteiger partial charge in [0.05, 0.1) is 11.2 Å². The normalized spacial score (nSPS) is 12.3. The van der Waals surface area contributed by atoms with Crippen molar-refractivity contribution in [3.8, 4) is 11.3 Å². The van der Waals surface area contributed by atoms with Crippen molar-refractivity contribution in [2.24, 2.45) is 0 Å². The van der Waals surface area contributed by atoms with E-state index in [9.17, 15) is 4.39 Å². The molecular formula is C28H31FN2. The molecule has 3 heteroatoms. The van der Waals surface area contributed by atoms with E-state index in [1.807, 2.05) is 19.9 Å². The van der Waals surface area contributed by atoms with Gasteiger partial charge in [0.2, 0.25) is 0 Å². The molecule has 0 atom stereocenters. The molecule has 0 saturated carbocycles.